The van der Waals surface area contributed by atoms with Crippen LogP contribution >= 0.6 is 0 Å². The van der Waals surface area contributed by atoms with Crippen molar-refractivity contribution < 1.29 is 17.9 Å². The molecule has 1 aromatic carbocycles. The van der Waals surface area contributed by atoms with Crippen LogP contribution in [0.5, 0.6) is 11.5 Å². The van der Waals surface area contributed by atoms with Gasteiger partial charge in [-0.3, -0.25) is 4.79 Å². The van der Waals surface area contributed by atoms with Crippen molar-refractivity contribution in [3.8, 4) is 11.5 Å². The van der Waals surface area contributed by atoms with Gasteiger partial charge < -0.3 is 14.4 Å². The maximum Gasteiger partial charge on any atom is 0.264 e. The van der Waals surface area contributed by atoms with Crippen LogP contribution < -0.4 is 15.0 Å². The number of hydrogen-bond donors (Lipinski definition) is 1. The molecule has 148 valence electrons. The number of aromatic nitrogens is 2. The predicted molar refractivity (Wildman–Crippen MR) is 102 cm³/mol. The van der Waals surface area contributed by atoms with Crippen LogP contribution in [-0.2, 0) is 10.0 Å². The lowest BCUT2D eigenvalue weighted by Gasteiger charge is -2.33. The first-order chi connectivity index (χ1) is 12.9. The second kappa shape index (κ2) is 8.24. The summed E-state index contributed by atoms with van der Waals surface area (Å²) in [6, 6.07) is 4.94. The summed E-state index contributed by atoms with van der Waals surface area (Å²) in [6.07, 6.45) is 2.05. The predicted octanol–water partition coefficient (Wildman–Crippen LogP) is 0.278. The molecular formula is C17H24N4O5S. The average molecular weight is 396 g/mol. The van der Waals surface area contributed by atoms with Crippen LogP contribution in [0.25, 0.3) is 10.9 Å². The number of methoxy groups -OCH3 is 1. The number of piperazine rings is 1. The molecule has 1 aliphatic heterocycles. The molecule has 10 heteroatoms. The van der Waals surface area contributed by atoms with E-state index in [2.05, 4.69) is 15.1 Å². The van der Waals surface area contributed by atoms with Crippen LogP contribution in [0.3, 0.4) is 0 Å². The lowest BCUT2D eigenvalue weighted by Crippen LogP contribution is -2.48. The van der Waals surface area contributed by atoms with Gasteiger partial charge in [0.2, 0.25) is 10.0 Å². The molecule has 27 heavy (non-hydrogen) atoms. The summed E-state index contributed by atoms with van der Waals surface area (Å²) >= 11 is 0. The fourth-order valence-corrected chi connectivity index (χ4v) is 3.92. The molecule has 1 fully saturated rings. The Labute approximate surface area is 157 Å². The largest absolute Gasteiger partial charge is 0.493 e. The number of fused-ring (bicyclic) bond motifs is 1. The minimum absolute atomic E-state index is 0.269. The molecule has 2 aromatic rings. The second-order valence-corrected chi connectivity index (χ2v) is 8.48. The highest BCUT2D eigenvalue weighted by Gasteiger charge is 2.22. The number of nitrogens with zero attached hydrogens (tertiary/aromatic N) is 3. The highest BCUT2D eigenvalue weighted by Crippen LogP contribution is 2.31. The van der Waals surface area contributed by atoms with Crippen molar-refractivity contribution in [3.63, 3.8) is 0 Å². The fraction of sp³-hybridized carbons (Fsp3) is 0.529. The third kappa shape index (κ3) is 4.96. The summed E-state index contributed by atoms with van der Waals surface area (Å²) in [7, 11) is -1.55. The molecule has 0 amide bonds. The Morgan fingerprint density at radius 1 is 1.15 bits per heavy atom. The Balaban J connectivity index is 1.52. The van der Waals surface area contributed by atoms with Gasteiger partial charge in [-0.15, -0.1) is 0 Å². The molecular weight excluding hydrogens is 372 g/mol. The van der Waals surface area contributed by atoms with Crippen molar-refractivity contribution in [2.75, 3.05) is 52.7 Å². The van der Waals surface area contributed by atoms with Crippen molar-refractivity contribution in [1.29, 1.82) is 0 Å². The zero-order chi connectivity index (χ0) is 19.4. The number of nitrogens with one attached hydrogen (secondary N) is 1. The van der Waals surface area contributed by atoms with Crippen LogP contribution in [-0.4, -0.2) is 80.5 Å². The third-order valence-corrected chi connectivity index (χ3v) is 5.87. The monoisotopic (exact) mass is 396 g/mol. The van der Waals surface area contributed by atoms with E-state index in [4.69, 9.17) is 9.47 Å². The van der Waals surface area contributed by atoms with Crippen molar-refractivity contribution in [2.24, 2.45) is 0 Å². The van der Waals surface area contributed by atoms with E-state index in [1.54, 1.807) is 19.2 Å². The molecule has 0 spiro atoms. The lowest BCUT2D eigenvalue weighted by atomic mass is 10.2. The van der Waals surface area contributed by atoms with Crippen LogP contribution in [0.1, 0.15) is 6.42 Å². The van der Waals surface area contributed by atoms with Gasteiger partial charge in [-0.1, -0.05) is 0 Å². The zero-order valence-electron chi connectivity index (χ0n) is 15.5. The number of rotatable bonds is 7. The van der Waals surface area contributed by atoms with Crippen molar-refractivity contribution in [3.05, 3.63) is 28.6 Å². The third-order valence-electron chi connectivity index (χ3n) is 4.56. The van der Waals surface area contributed by atoms with Crippen LogP contribution in [0, 0.1) is 0 Å². The van der Waals surface area contributed by atoms with Gasteiger partial charge in [0.15, 0.2) is 11.5 Å². The SMILES string of the molecule is COc1cc2cc(=O)[nH]nc2cc1OCCCN1CCN(S(C)(=O)=O)CC1. The quantitative estimate of drug-likeness (QED) is 0.670. The van der Waals surface area contributed by atoms with E-state index in [0.29, 0.717) is 42.1 Å². The Hall–Kier alpha value is -2.17. The average Bonchev–Trinajstić information content (AvgIpc) is 2.64. The highest BCUT2D eigenvalue weighted by molar-refractivity contribution is 7.88. The van der Waals surface area contributed by atoms with Gasteiger partial charge >= 0.3 is 0 Å². The molecule has 0 saturated carbocycles. The number of ether oxygens (including phenoxy) is 2. The van der Waals surface area contributed by atoms with E-state index >= 15 is 0 Å². The Bertz CT molecular complexity index is 951. The topological polar surface area (TPSA) is 105 Å². The van der Waals surface area contributed by atoms with Gasteiger partial charge in [-0.25, -0.2) is 13.5 Å². The van der Waals surface area contributed by atoms with Crippen LogP contribution in [0.4, 0.5) is 0 Å². The molecule has 0 radical (unpaired) electrons. The van der Waals surface area contributed by atoms with Crippen LogP contribution in [0.15, 0.2) is 23.0 Å². The number of hydrogen-bond acceptors (Lipinski definition) is 7. The summed E-state index contributed by atoms with van der Waals surface area (Å²) in [5.74, 6) is 1.13. The number of H-pyrrole nitrogens is 1. The summed E-state index contributed by atoms with van der Waals surface area (Å²) in [5.41, 5.74) is 0.358. The van der Waals surface area contributed by atoms with Gasteiger partial charge in [0.05, 0.1) is 25.5 Å². The van der Waals surface area contributed by atoms with E-state index in [1.165, 1.54) is 16.6 Å². The molecule has 0 bridgehead atoms. The van der Waals surface area contributed by atoms with Gasteiger partial charge in [-0.05, 0) is 12.5 Å². The zero-order valence-corrected chi connectivity index (χ0v) is 16.3. The Morgan fingerprint density at radius 3 is 2.56 bits per heavy atom. The van der Waals surface area contributed by atoms with Crippen LogP contribution in [0.2, 0.25) is 0 Å². The molecule has 1 N–H and O–H groups in total. The number of aromatic amines is 1. The first kappa shape index (κ1) is 19.6. The van der Waals surface area contributed by atoms with Gasteiger partial charge in [0, 0.05) is 50.2 Å². The first-order valence-corrected chi connectivity index (χ1v) is 10.6. The van der Waals surface area contributed by atoms with E-state index in [1.807, 2.05) is 0 Å². The first-order valence-electron chi connectivity index (χ1n) is 8.74. The molecule has 1 aliphatic rings. The molecule has 3 rings (SSSR count). The molecule has 1 saturated heterocycles. The van der Waals surface area contributed by atoms with Crippen molar-refractivity contribution in [1.82, 2.24) is 19.4 Å². The highest BCUT2D eigenvalue weighted by atomic mass is 32.2. The molecule has 0 aliphatic carbocycles. The van der Waals surface area contributed by atoms with E-state index < -0.39 is 10.0 Å². The molecule has 9 nitrogen and oxygen atoms in total. The summed E-state index contributed by atoms with van der Waals surface area (Å²) in [4.78, 5) is 13.6. The van der Waals surface area contributed by atoms with Crippen molar-refractivity contribution >= 4 is 20.9 Å². The van der Waals surface area contributed by atoms with E-state index in [9.17, 15) is 13.2 Å². The Kier molecular flexibility index (Phi) is 5.98. The number of sulfonamides is 1. The lowest BCUT2D eigenvalue weighted by molar-refractivity contribution is 0.174. The van der Waals surface area contributed by atoms with E-state index in [-0.39, 0.29) is 5.56 Å². The second-order valence-electron chi connectivity index (χ2n) is 6.50. The summed E-state index contributed by atoms with van der Waals surface area (Å²) in [5, 5.41) is 7.11. The minimum Gasteiger partial charge on any atom is -0.493 e. The summed E-state index contributed by atoms with van der Waals surface area (Å²) in [6.45, 7) is 3.84. The van der Waals surface area contributed by atoms with Crippen molar-refractivity contribution in [2.45, 2.75) is 6.42 Å². The molecule has 0 unspecified atom stereocenters. The number of benzene rings is 1. The van der Waals surface area contributed by atoms with E-state index in [0.717, 1.165) is 26.1 Å². The molecule has 2 heterocycles. The Morgan fingerprint density at radius 2 is 1.89 bits per heavy atom. The summed E-state index contributed by atoms with van der Waals surface area (Å²) < 4.78 is 35.8. The standard InChI is InChI=1S/C17H24N4O5S/c1-25-15-10-13-11-17(22)19-18-14(13)12-16(15)26-9-3-4-20-5-7-21(8-6-20)27(2,23)24/h10-12H,3-9H2,1-2H3,(H,19,22). The molecule has 0 atom stereocenters. The maximum absolute atomic E-state index is 11.5. The minimum atomic E-state index is -3.10. The van der Waals surface area contributed by atoms with Gasteiger partial charge in [0.1, 0.15) is 0 Å². The van der Waals surface area contributed by atoms with Gasteiger partial charge in [-0.2, -0.15) is 9.40 Å². The smallest absolute Gasteiger partial charge is 0.264 e. The molecule has 1 aromatic heterocycles. The normalized spacial score (nSPS) is 16.5. The fourth-order valence-electron chi connectivity index (χ4n) is 3.09. The van der Waals surface area contributed by atoms with Gasteiger partial charge in [0.25, 0.3) is 5.56 Å². The maximum atomic E-state index is 11.5.